The Morgan fingerprint density at radius 1 is 1.21 bits per heavy atom. The van der Waals surface area contributed by atoms with Crippen molar-refractivity contribution in [2.75, 3.05) is 12.3 Å². The van der Waals surface area contributed by atoms with E-state index in [0.717, 1.165) is 6.33 Å². The Hall–Kier alpha value is -1.73. The number of anilines is 1. The van der Waals surface area contributed by atoms with Gasteiger partial charge < -0.3 is 44.8 Å². The zero-order chi connectivity index (χ0) is 24.8. The number of rotatable bonds is 8. The minimum absolute atomic E-state index is 0.103. The minimum atomic E-state index is -5.74. The third-order valence-corrected chi connectivity index (χ3v) is 8.13. The lowest BCUT2D eigenvalue weighted by molar-refractivity contribution is -0.0715. The lowest BCUT2D eigenvalue weighted by Crippen LogP contribution is -2.45. The van der Waals surface area contributed by atoms with Crippen molar-refractivity contribution in [3.63, 3.8) is 0 Å². The Morgan fingerprint density at radius 2 is 1.88 bits per heavy atom. The fourth-order valence-corrected chi connectivity index (χ4v) is 6.02. The molecule has 0 amide bonds. The number of hydrogen-bond donors (Lipinski definition) is 7. The first kappa shape index (κ1) is 25.9. The first-order chi connectivity index (χ1) is 15.1. The smallest absolute Gasteiger partial charge is 0.386 e. The number of ether oxygens (including phenoxy) is 1. The van der Waals surface area contributed by atoms with Gasteiger partial charge in [-0.1, -0.05) is 5.92 Å². The normalized spacial score (nSPS) is 29.4. The molecule has 3 rings (SSSR count). The fraction of sp³-hybridized carbons (Fsp3) is 0.385. The molecule has 1 aliphatic rings. The summed E-state index contributed by atoms with van der Waals surface area (Å²) in [5.41, 5.74) is 3.52. The van der Waals surface area contributed by atoms with Gasteiger partial charge in [-0.3, -0.25) is 4.52 Å². The van der Waals surface area contributed by atoms with E-state index in [4.69, 9.17) is 26.7 Å². The van der Waals surface area contributed by atoms with Crippen molar-refractivity contribution in [1.29, 1.82) is 0 Å². The largest absolute Gasteiger partial charge is 0.490 e. The Labute approximate surface area is 184 Å². The lowest BCUT2D eigenvalue weighted by atomic mass is 9.95. The summed E-state index contributed by atoms with van der Waals surface area (Å²) in [6.45, 7) is -1.04. The summed E-state index contributed by atoms with van der Waals surface area (Å²) in [4.78, 5) is 43.6. The minimum Gasteiger partial charge on any atom is -0.386 e. The van der Waals surface area contributed by atoms with Gasteiger partial charge >= 0.3 is 23.5 Å². The molecule has 0 bridgehead atoms. The van der Waals surface area contributed by atoms with Gasteiger partial charge in [-0.05, 0) is 6.07 Å². The SMILES string of the molecule is C#C[C@]1(O)C(n2ccc3c(N)ncnc32)O[C@H](COP(=O)(O)OP(=O)(O)OP(=O)(O)O)[C@H]1O. The summed E-state index contributed by atoms with van der Waals surface area (Å²) >= 11 is 0. The Morgan fingerprint density at radius 3 is 2.48 bits per heavy atom. The molecule has 0 saturated carbocycles. The molecule has 182 valence electrons. The molecule has 17 nitrogen and oxygen atoms in total. The van der Waals surface area contributed by atoms with Crippen LogP contribution in [0.3, 0.4) is 0 Å². The van der Waals surface area contributed by atoms with Crippen molar-refractivity contribution < 1.29 is 61.4 Å². The Kier molecular flexibility index (Phi) is 6.91. The predicted octanol–water partition coefficient (Wildman–Crippen LogP) is -1.02. The highest BCUT2D eigenvalue weighted by molar-refractivity contribution is 7.66. The highest BCUT2D eigenvalue weighted by atomic mass is 31.3. The highest BCUT2D eigenvalue weighted by Crippen LogP contribution is 2.66. The van der Waals surface area contributed by atoms with Gasteiger partial charge in [0.25, 0.3) is 0 Å². The van der Waals surface area contributed by atoms with Crippen LogP contribution in [0.25, 0.3) is 11.0 Å². The molecule has 1 fully saturated rings. The summed E-state index contributed by atoms with van der Waals surface area (Å²) in [5.74, 6) is 2.08. The standard InChI is InChI=1S/C13H17N4O13P3/c1-2-13(19)9(18)8(5-27-32(23,24)30-33(25,26)29-31(20,21)22)28-12(13)17-4-3-7-10(14)15-6-16-11(7)17/h1,3-4,6,8-9,12,18-19H,5H2,(H,23,24)(H,25,26)(H2,14,15,16)(H2,20,21,22)/t8-,9-,12?,13-/m1/s1. The average molecular weight is 530 g/mol. The average Bonchev–Trinajstić information content (AvgIpc) is 3.18. The number of nitrogen functional groups attached to an aromatic ring is 1. The van der Waals surface area contributed by atoms with Gasteiger partial charge in [-0.2, -0.15) is 8.62 Å². The van der Waals surface area contributed by atoms with Crippen LogP contribution in [0.2, 0.25) is 0 Å². The van der Waals surface area contributed by atoms with Crippen LogP contribution in [0.15, 0.2) is 18.6 Å². The Bertz CT molecular complexity index is 1240. The first-order valence-electron chi connectivity index (χ1n) is 8.47. The van der Waals surface area contributed by atoms with E-state index in [-0.39, 0.29) is 11.5 Å². The molecule has 1 aliphatic heterocycles. The molecule has 20 heteroatoms. The van der Waals surface area contributed by atoms with Gasteiger partial charge in [0, 0.05) is 6.20 Å². The van der Waals surface area contributed by atoms with E-state index in [1.54, 1.807) is 0 Å². The molecule has 8 N–H and O–H groups in total. The van der Waals surface area contributed by atoms with Crippen LogP contribution in [0.4, 0.5) is 5.82 Å². The first-order valence-corrected chi connectivity index (χ1v) is 13.0. The monoisotopic (exact) mass is 530 g/mol. The molecule has 3 unspecified atom stereocenters. The van der Waals surface area contributed by atoms with Gasteiger partial charge in [0.05, 0.1) is 12.0 Å². The van der Waals surface area contributed by atoms with Gasteiger partial charge in [-0.15, -0.1) is 6.42 Å². The molecule has 0 radical (unpaired) electrons. The van der Waals surface area contributed by atoms with E-state index in [2.05, 4.69) is 23.1 Å². The van der Waals surface area contributed by atoms with Crippen molar-refractivity contribution in [3.8, 4) is 12.3 Å². The number of aliphatic hydroxyl groups excluding tert-OH is 1. The Balaban J connectivity index is 1.79. The van der Waals surface area contributed by atoms with E-state index >= 15 is 0 Å². The molecular weight excluding hydrogens is 513 g/mol. The second-order valence-electron chi connectivity index (χ2n) is 6.55. The second-order valence-corrected chi connectivity index (χ2v) is 11.0. The molecule has 0 aromatic carbocycles. The number of aliphatic hydroxyl groups is 2. The summed E-state index contributed by atoms with van der Waals surface area (Å²) in [6.07, 6.45) is 2.86. The number of phosphoric acid groups is 3. The highest BCUT2D eigenvalue weighted by Gasteiger charge is 2.56. The number of terminal acetylenes is 1. The maximum atomic E-state index is 11.9. The van der Waals surface area contributed by atoms with Gasteiger partial charge in [0.2, 0.25) is 0 Å². The number of hydrogen-bond acceptors (Lipinski definition) is 12. The van der Waals surface area contributed by atoms with Crippen LogP contribution in [0.1, 0.15) is 6.23 Å². The van der Waals surface area contributed by atoms with Crippen LogP contribution in [0.5, 0.6) is 0 Å². The summed E-state index contributed by atoms with van der Waals surface area (Å²) in [6, 6.07) is 1.48. The molecule has 33 heavy (non-hydrogen) atoms. The summed E-state index contributed by atoms with van der Waals surface area (Å²) < 4.78 is 52.3. The van der Waals surface area contributed by atoms with Gasteiger partial charge in [-0.25, -0.2) is 23.7 Å². The summed E-state index contributed by atoms with van der Waals surface area (Å²) in [7, 11) is -16.8. The van der Waals surface area contributed by atoms with Crippen molar-refractivity contribution in [2.24, 2.45) is 0 Å². The van der Waals surface area contributed by atoms with Crippen molar-refractivity contribution in [3.05, 3.63) is 18.6 Å². The number of aromatic nitrogens is 3. The van der Waals surface area contributed by atoms with Crippen molar-refractivity contribution in [2.45, 2.75) is 24.0 Å². The molecule has 0 spiro atoms. The van der Waals surface area contributed by atoms with Gasteiger partial charge in [0.15, 0.2) is 11.8 Å². The number of nitrogens with zero attached hydrogens (tertiary/aromatic N) is 3. The molecule has 0 aliphatic carbocycles. The molecule has 2 aromatic heterocycles. The third kappa shape index (κ3) is 5.51. The molecule has 1 saturated heterocycles. The zero-order valence-electron chi connectivity index (χ0n) is 16.1. The van der Waals surface area contributed by atoms with Crippen LogP contribution >= 0.6 is 23.5 Å². The van der Waals surface area contributed by atoms with E-state index in [0.29, 0.717) is 5.39 Å². The van der Waals surface area contributed by atoms with E-state index in [1.165, 1.54) is 16.8 Å². The number of nitrogens with two attached hydrogens (primary N) is 1. The van der Waals surface area contributed by atoms with E-state index in [1.807, 2.05) is 5.92 Å². The number of phosphoric ester groups is 1. The number of fused-ring (bicyclic) bond motifs is 1. The van der Waals surface area contributed by atoms with E-state index in [9.17, 15) is 33.7 Å². The van der Waals surface area contributed by atoms with Crippen molar-refractivity contribution >= 4 is 40.3 Å². The topological polar surface area (TPSA) is 266 Å². The molecule has 2 aromatic rings. The van der Waals surface area contributed by atoms with Crippen LogP contribution < -0.4 is 5.73 Å². The zero-order valence-corrected chi connectivity index (χ0v) is 18.7. The van der Waals surface area contributed by atoms with Crippen molar-refractivity contribution in [1.82, 2.24) is 14.5 Å². The van der Waals surface area contributed by atoms with Crippen LogP contribution in [0, 0.1) is 12.3 Å². The maximum Gasteiger partial charge on any atom is 0.490 e. The fourth-order valence-electron chi connectivity index (χ4n) is 2.99. The predicted molar refractivity (Wildman–Crippen MR) is 105 cm³/mol. The van der Waals surface area contributed by atoms with Crippen LogP contribution in [-0.4, -0.2) is 68.7 Å². The van der Waals surface area contributed by atoms with E-state index < -0.39 is 54.1 Å². The summed E-state index contributed by atoms with van der Waals surface area (Å²) in [5, 5.41) is 21.7. The molecule has 3 heterocycles. The third-order valence-electron chi connectivity index (χ3n) is 4.33. The second kappa shape index (κ2) is 8.81. The van der Waals surface area contributed by atoms with Crippen LogP contribution in [-0.2, 0) is 31.6 Å². The quantitative estimate of drug-likeness (QED) is 0.159. The van der Waals surface area contributed by atoms with Gasteiger partial charge in [0.1, 0.15) is 30.0 Å². The molecular formula is C13H17N4O13P3. The maximum absolute atomic E-state index is 11.9. The molecule has 6 atom stereocenters. The lowest BCUT2D eigenvalue weighted by Gasteiger charge is -2.26.